The van der Waals surface area contributed by atoms with Crippen LogP contribution in [0.2, 0.25) is 0 Å². The van der Waals surface area contributed by atoms with Crippen LogP contribution < -0.4 is 4.72 Å². The molecule has 192 valence electrons. The van der Waals surface area contributed by atoms with E-state index in [-0.39, 0.29) is 12.1 Å². The zero-order chi connectivity index (χ0) is 26.1. The third-order valence-corrected chi connectivity index (χ3v) is 8.94. The molecule has 0 aromatic heterocycles. The molecule has 0 aliphatic carbocycles. The van der Waals surface area contributed by atoms with E-state index in [0.29, 0.717) is 22.4 Å². The molecule has 0 heterocycles. The average molecular weight is 625 g/mol. The number of nitrogens with one attached hydrogen (secondary N) is 1. The van der Waals surface area contributed by atoms with Crippen molar-refractivity contribution in [1.29, 1.82) is 0 Å². The highest BCUT2D eigenvalue weighted by Gasteiger charge is 2.31. The molecular weight excluding hydrogens is 591 g/mol. The molecule has 0 bridgehead atoms. The normalized spacial score (nSPS) is 13.4. The minimum atomic E-state index is -3.69. The molecule has 0 radical (unpaired) electrons. The molecule has 37 heavy (non-hydrogen) atoms. The summed E-state index contributed by atoms with van der Waals surface area (Å²) in [6.07, 6.45) is 0.727. The highest BCUT2D eigenvalue weighted by atomic mass is 127. The second-order valence-electron chi connectivity index (χ2n) is 9.33. The van der Waals surface area contributed by atoms with E-state index in [1.165, 1.54) is 16.7 Å². The molecule has 0 amide bonds. The Morgan fingerprint density at radius 3 is 1.62 bits per heavy atom. The Balaban J connectivity index is 1.71. The highest BCUT2D eigenvalue weighted by molar-refractivity contribution is 14.1. The SMILES string of the molecule is Cc1ccc(S(=O)(=O)NC(CI)C(Cc2ccccc2)N(Cc2ccccc2)Cc2ccccc2)cc1. The first-order chi connectivity index (χ1) is 17.9. The molecule has 0 aliphatic rings. The van der Waals surface area contributed by atoms with Crippen molar-refractivity contribution in [3.05, 3.63) is 138 Å². The summed E-state index contributed by atoms with van der Waals surface area (Å²) in [6, 6.07) is 37.8. The molecule has 2 unspecified atom stereocenters. The van der Waals surface area contributed by atoms with Crippen LogP contribution in [0.15, 0.2) is 120 Å². The molecule has 6 heteroatoms. The lowest BCUT2D eigenvalue weighted by Crippen LogP contribution is -2.53. The van der Waals surface area contributed by atoms with Gasteiger partial charge in [-0.3, -0.25) is 4.90 Å². The summed E-state index contributed by atoms with van der Waals surface area (Å²) in [5.74, 6) is 0. The van der Waals surface area contributed by atoms with Crippen molar-refractivity contribution < 1.29 is 8.42 Å². The van der Waals surface area contributed by atoms with Gasteiger partial charge >= 0.3 is 0 Å². The number of halogens is 1. The third-order valence-electron chi connectivity index (χ3n) is 6.48. The van der Waals surface area contributed by atoms with Gasteiger partial charge in [-0.2, -0.15) is 0 Å². The van der Waals surface area contributed by atoms with Crippen molar-refractivity contribution in [3.8, 4) is 0 Å². The van der Waals surface area contributed by atoms with Crippen LogP contribution in [0, 0.1) is 6.92 Å². The average Bonchev–Trinajstić information content (AvgIpc) is 2.92. The van der Waals surface area contributed by atoms with Gasteiger partial charge in [-0.15, -0.1) is 0 Å². The lowest BCUT2D eigenvalue weighted by Gasteiger charge is -2.37. The van der Waals surface area contributed by atoms with Gasteiger partial charge in [-0.1, -0.05) is 131 Å². The van der Waals surface area contributed by atoms with Crippen LogP contribution in [0.5, 0.6) is 0 Å². The fourth-order valence-corrected chi connectivity index (χ4v) is 6.88. The van der Waals surface area contributed by atoms with Gasteiger partial charge < -0.3 is 0 Å². The van der Waals surface area contributed by atoms with E-state index < -0.39 is 10.0 Å². The van der Waals surface area contributed by atoms with E-state index >= 15 is 0 Å². The van der Waals surface area contributed by atoms with Crippen molar-refractivity contribution in [2.45, 2.75) is 43.4 Å². The third kappa shape index (κ3) is 7.98. The van der Waals surface area contributed by atoms with Crippen LogP contribution in [0.25, 0.3) is 0 Å². The summed E-state index contributed by atoms with van der Waals surface area (Å²) in [7, 11) is -3.69. The number of benzene rings is 4. The van der Waals surface area contributed by atoms with Crippen molar-refractivity contribution in [2.75, 3.05) is 4.43 Å². The van der Waals surface area contributed by atoms with E-state index in [4.69, 9.17) is 0 Å². The number of nitrogens with zero attached hydrogens (tertiary/aromatic N) is 1. The molecule has 4 rings (SSSR count). The monoisotopic (exact) mass is 624 g/mol. The number of hydrogen-bond acceptors (Lipinski definition) is 3. The van der Waals surface area contributed by atoms with E-state index in [1.54, 1.807) is 12.1 Å². The molecule has 4 aromatic carbocycles. The molecule has 4 aromatic rings. The Bertz CT molecular complexity index is 1290. The molecule has 0 fully saturated rings. The summed E-state index contributed by atoms with van der Waals surface area (Å²) in [5, 5.41) is 0. The van der Waals surface area contributed by atoms with Crippen molar-refractivity contribution in [1.82, 2.24) is 9.62 Å². The largest absolute Gasteiger partial charge is 0.290 e. The molecule has 0 spiro atoms. The van der Waals surface area contributed by atoms with Gasteiger partial charge in [0.1, 0.15) is 0 Å². The Labute approximate surface area is 234 Å². The molecule has 4 nitrogen and oxygen atoms in total. The maximum absolute atomic E-state index is 13.5. The quantitative estimate of drug-likeness (QED) is 0.147. The van der Waals surface area contributed by atoms with Gasteiger partial charge in [0.25, 0.3) is 0 Å². The van der Waals surface area contributed by atoms with E-state index in [0.717, 1.165) is 12.0 Å². The van der Waals surface area contributed by atoms with Gasteiger partial charge in [0, 0.05) is 29.6 Å². The maximum atomic E-state index is 13.5. The standard InChI is InChI=1S/C31H33IN2O2S/c1-25-17-19-29(20-18-25)37(35,36)33-30(22-32)31(21-26-11-5-2-6-12-26)34(23-27-13-7-3-8-14-27)24-28-15-9-4-10-16-28/h2-20,30-31,33H,21-24H2,1H3. The first kappa shape index (κ1) is 27.5. The second-order valence-corrected chi connectivity index (χ2v) is 11.9. The Morgan fingerprint density at radius 1 is 0.703 bits per heavy atom. The van der Waals surface area contributed by atoms with Crippen LogP contribution in [0.3, 0.4) is 0 Å². The first-order valence-corrected chi connectivity index (χ1v) is 15.5. The summed E-state index contributed by atoms with van der Waals surface area (Å²) >= 11 is 2.31. The zero-order valence-electron chi connectivity index (χ0n) is 21.0. The van der Waals surface area contributed by atoms with Crippen LogP contribution in [0.4, 0.5) is 0 Å². The lowest BCUT2D eigenvalue weighted by atomic mass is 9.97. The topological polar surface area (TPSA) is 49.4 Å². The maximum Gasteiger partial charge on any atom is 0.240 e. The van der Waals surface area contributed by atoms with Crippen molar-refractivity contribution >= 4 is 32.6 Å². The van der Waals surface area contributed by atoms with Crippen LogP contribution in [-0.4, -0.2) is 29.8 Å². The molecule has 1 N–H and O–H groups in total. The van der Waals surface area contributed by atoms with Crippen molar-refractivity contribution in [3.63, 3.8) is 0 Å². The lowest BCUT2D eigenvalue weighted by molar-refractivity contribution is 0.153. The predicted molar refractivity (Wildman–Crippen MR) is 160 cm³/mol. The minimum Gasteiger partial charge on any atom is -0.290 e. The van der Waals surface area contributed by atoms with Crippen LogP contribution in [-0.2, 0) is 29.5 Å². The fourth-order valence-electron chi connectivity index (χ4n) is 4.51. The number of alkyl halides is 1. The van der Waals surface area contributed by atoms with Gasteiger partial charge in [0.05, 0.1) is 4.90 Å². The Morgan fingerprint density at radius 2 is 1.16 bits per heavy atom. The highest BCUT2D eigenvalue weighted by Crippen LogP contribution is 2.22. The van der Waals surface area contributed by atoms with Crippen LogP contribution in [0.1, 0.15) is 22.3 Å². The molecule has 2 atom stereocenters. The van der Waals surface area contributed by atoms with Gasteiger partial charge in [0.15, 0.2) is 0 Å². The first-order valence-electron chi connectivity index (χ1n) is 12.5. The predicted octanol–water partition coefficient (Wildman–Crippen LogP) is 6.39. The van der Waals surface area contributed by atoms with Gasteiger partial charge in [-0.05, 0) is 42.2 Å². The fraction of sp³-hybridized carbons (Fsp3) is 0.226. The number of hydrogen-bond donors (Lipinski definition) is 1. The minimum absolute atomic E-state index is 0.0695. The number of aryl methyl sites for hydroxylation is 1. The number of rotatable bonds is 12. The summed E-state index contributed by atoms with van der Waals surface area (Å²) in [5.41, 5.74) is 4.61. The van der Waals surface area contributed by atoms with E-state index in [9.17, 15) is 8.42 Å². The molecular formula is C31H33IN2O2S. The van der Waals surface area contributed by atoms with Gasteiger partial charge in [-0.25, -0.2) is 13.1 Å². The van der Waals surface area contributed by atoms with Crippen molar-refractivity contribution in [2.24, 2.45) is 0 Å². The number of sulfonamides is 1. The molecule has 0 saturated heterocycles. The second kappa shape index (κ2) is 13.3. The zero-order valence-corrected chi connectivity index (χ0v) is 24.0. The molecule has 0 aliphatic heterocycles. The van der Waals surface area contributed by atoms with Crippen LogP contribution >= 0.6 is 22.6 Å². The summed E-state index contributed by atoms with van der Waals surface area (Å²) < 4.78 is 30.7. The Kier molecular flexibility index (Phi) is 9.91. The van der Waals surface area contributed by atoms with Gasteiger partial charge in [0.2, 0.25) is 10.0 Å². The Hall–Kier alpha value is -2.52. The van der Waals surface area contributed by atoms with E-state index in [2.05, 4.69) is 92.9 Å². The summed E-state index contributed by atoms with van der Waals surface area (Å²) in [4.78, 5) is 2.71. The smallest absolute Gasteiger partial charge is 0.240 e. The summed E-state index contributed by atoms with van der Waals surface area (Å²) in [6.45, 7) is 3.39. The molecule has 0 saturated carbocycles. The van der Waals surface area contributed by atoms with E-state index in [1.807, 2.05) is 49.4 Å².